The van der Waals surface area contributed by atoms with Crippen LogP contribution in [0.5, 0.6) is 0 Å². The quantitative estimate of drug-likeness (QED) is 0.882. The Kier molecular flexibility index (Phi) is 3.96. The fraction of sp³-hybridized carbons (Fsp3) is 0.333. The molecule has 2 heterocycles. The summed E-state index contributed by atoms with van der Waals surface area (Å²) in [7, 11) is 0. The fourth-order valence-electron chi connectivity index (χ4n) is 2.32. The standard InChI is InChI=1S/C15H15FN2O3/c16-13-4-2-1-3-11(13)14-12(9-17-18-14)15(19)21-10-5-7-20-8-6-10/h1-4,9-10H,5-8H2,(H,17,18). The number of aromatic nitrogens is 2. The zero-order valence-electron chi connectivity index (χ0n) is 11.3. The third kappa shape index (κ3) is 2.95. The number of nitrogens with one attached hydrogen (secondary N) is 1. The van der Waals surface area contributed by atoms with E-state index in [2.05, 4.69) is 10.2 Å². The molecule has 0 radical (unpaired) electrons. The van der Waals surface area contributed by atoms with E-state index in [1.54, 1.807) is 18.2 Å². The van der Waals surface area contributed by atoms with E-state index in [1.165, 1.54) is 12.3 Å². The number of hydrogen-bond donors (Lipinski definition) is 1. The molecule has 2 aromatic rings. The number of nitrogens with zero attached hydrogens (tertiary/aromatic N) is 1. The first kappa shape index (κ1) is 13.8. The molecule has 1 aromatic heterocycles. The van der Waals surface area contributed by atoms with Gasteiger partial charge in [-0.05, 0) is 12.1 Å². The van der Waals surface area contributed by atoms with Gasteiger partial charge in [0.25, 0.3) is 0 Å². The van der Waals surface area contributed by atoms with Crippen LogP contribution in [0, 0.1) is 5.82 Å². The lowest BCUT2D eigenvalue weighted by atomic mass is 10.1. The summed E-state index contributed by atoms with van der Waals surface area (Å²) < 4.78 is 24.5. The molecule has 0 aliphatic carbocycles. The Bertz CT molecular complexity index is 635. The first-order valence-corrected chi connectivity index (χ1v) is 6.82. The summed E-state index contributed by atoms with van der Waals surface area (Å²) in [6, 6.07) is 6.22. The lowest BCUT2D eigenvalue weighted by Gasteiger charge is -2.22. The van der Waals surface area contributed by atoms with Crippen molar-refractivity contribution in [2.75, 3.05) is 13.2 Å². The number of ether oxygens (including phenoxy) is 2. The monoisotopic (exact) mass is 290 g/mol. The van der Waals surface area contributed by atoms with Crippen molar-refractivity contribution in [2.24, 2.45) is 0 Å². The Balaban J connectivity index is 1.82. The van der Waals surface area contributed by atoms with Gasteiger partial charge in [-0.1, -0.05) is 12.1 Å². The van der Waals surface area contributed by atoms with Gasteiger partial charge in [-0.3, -0.25) is 5.10 Å². The van der Waals surface area contributed by atoms with E-state index in [1.807, 2.05) is 0 Å². The van der Waals surface area contributed by atoms with Gasteiger partial charge in [0.05, 0.1) is 25.1 Å². The van der Waals surface area contributed by atoms with Gasteiger partial charge >= 0.3 is 5.97 Å². The van der Waals surface area contributed by atoms with E-state index in [4.69, 9.17) is 9.47 Å². The molecular weight excluding hydrogens is 275 g/mol. The van der Waals surface area contributed by atoms with E-state index in [0.717, 1.165) is 0 Å². The van der Waals surface area contributed by atoms with Crippen LogP contribution < -0.4 is 0 Å². The predicted octanol–water partition coefficient (Wildman–Crippen LogP) is 2.55. The molecule has 1 fully saturated rings. The van der Waals surface area contributed by atoms with Crippen molar-refractivity contribution in [3.63, 3.8) is 0 Å². The van der Waals surface area contributed by atoms with Crippen LogP contribution in [-0.4, -0.2) is 35.5 Å². The van der Waals surface area contributed by atoms with E-state index < -0.39 is 11.8 Å². The predicted molar refractivity (Wildman–Crippen MR) is 73.2 cm³/mol. The summed E-state index contributed by atoms with van der Waals surface area (Å²) in [5, 5.41) is 6.50. The molecule has 6 heteroatoms. The van der Waals surface area contributed by atoms with Crippen molar-refractivity contribution in [3.8, 4) is 11.3 Å². The minimum absolute atomic E-state index is 0.158. The number of benzene rings is 1. The van der Waals surface area contributed by atoms with Crippen LogP contribution in [0.15, 0.2) is 30.5 Å². The number of carbonyl (C=O) groups is 1. The van der Waals surface area contributed by atoms with Gasteiger partial charge in [-0.25, -0.2) is 9.18 Å². The second-order valence-corrected chi connectivity index (χ2v) is 4.86. The van der Waals surface area contributed by atoms with Crippen molar-refractivity contribution in [1.82, 2.24) is 10.2 Å². The molecule has 1 aliphatic rings. The first-order chi connectivity index (χ1) is 10.3. The van der Waals surface area contributed by atoms with Crippen LogP contribution in [0.4, 0.5) is 4.39 Å². The zero-order valence-corrected chi connectivity index (χ0v) is 11.3. The summed E-state index contributed by atoms with van der Waals surface area (Å²) in [5.41, 5.74) is 0.880. The van der Waals surface area contributed by atoms with Crippen molar-refractivity contribution in [3.05, 3.63) is 41.8 Å². The molecule has 21 heavy (non-hydrogen) atoms. The van der Waals surface area contributed by atoms with Crippen molar-refractivity contribution in [1.29, 1.82) is 0 Å². The van der Waals surface area contributed by atoms with Gasteiger partial charge < -0.3 is 9.47 Å². The van der Waals surface area contributed by atoms with Crippen LogP contribution in [0.1, 0.15) is 23.2 Å². The highest BCUT2D eigenvalue weighted by atomic mass is 19.1. The van der Waals surface area contributed by atoms with Crippen molar-refractivity contribution >= 4 is 5.97 Å². The molecule has 0 unspecified atom stereocenters. The van der Waals surface area contributed by atoms with Gasteiger partial charge in [-0.15, -0.1) is 0 Å². The maximum Gasteiger partial charge on any atom is 0.342 e. The summed E-state index contributed by atoms with van der Waals surface area (Å²) in [5.74, 6) is -0.907. The molecule has 0 atom stereocenters. The van der Waals surface area contributed by atoms with Crippen LogP contribution in [-0.2, 0) is 9.47 Å². The highest BCUT2D eigenvalue weighted by molar-refractivity contribution is 5.96. The molecule has 1 N–H and O–H groups in total. The Morgan fingerprint density at radius 2 is 2.10 bits per heavy atom. The van der Waals surface area contributed by atoms with Gasteiger partial charge in [0.2, 0.25) is 0 Å². The van der Waals surface area contributed by atoms with Crippen LogP contribution in [0.3, 0.4) is 0 Å². The maximum atomic E-state index is 13.8. The maximum absolute atomic E-state index is 13.8. The second kappa shape index (κ2) is 6.05. The SMILES string of the molecule is O=C(OC1CCOCC1)c1cn[nH]c1-c1ccccc1F. The second-order valence-electron chi connectivity index (χ2n) is 4.86. The van der Waals surface area contributed by atoms with Gasteiger partial charge in [0, 0.05) is 18.4 Å². The molecule has 0 bridgehead atoms. The van der Waals surface area contributed by atoms with Crippen molar-refractivity contribution < 1.29 is 18.7 Å². The van der Waals surface area contributed by atoms with Gasteiger partial charge in [-0.2, -0.15) is 5.10 Å². The Morgan fingerprint density at radius 1 is 1.33 bits per heavy atom. The number of halogens is 1. The zero-order chi connectivity index (χ0) is 14.7. The number of carbonyl (C=O) groups excluding carboxylic acids is 1. The first-order valence-electron chi connectivity index (χ1n) is 6.82. The Morgan fingerprint density at radius 3 is 2.86 bits per heavy atom. The smallest absolute Gasteiger partial charge is 0.342 e. The molecule has 1 saturated heterocycles. The third-order valence-corrected chi connectivity index (χ3v) is 3.44. The molecule has 1 aromatic carbocycles. The molecule has 1 aliphatic heterocycles. The van der Waals surface area contributed by atoms with Crippen molar-refractivity contribution in [2.45, 2.75) is 18.9 Å². The minimum Gasteiger partial charge on any atom is -0.459 e. The minimum atomic E-state index is -0.492. The largest absolute Gasteiger partial charge is 0.459 e. The van der Waals surface area contributed by atoms with E-state index >= 15 is 0 Å². The average Bonchev–Trinajstić information content (AvgIpc) is 2.98. The summed E-state index contributed by atoms with van der Waals surface area (Å²) in [6.45, 7) is 1.17. The number of H-pyrrole nitrogens is 1. The fourth-order valence-corrected chi connectivity index (χ4v) is 2.32. The highest BCUT2D eigenvalue weighted by Crippen LogP contribution is 2.25. The van der Waals surface area contributed by atoms with E-state index in [-0.39, 0.29) is 11.7 Å². The lowest BCUT2D eigenvalue weighted by Crippen LogP contribution is -2.26. The molecular formula is C15H15FN2O3. The van der Waals surface area contributed by atoms with E-state index in [0.29, 0.717) is 37.3 Å². The molecule has 0 saturated carbocycles. The topological polar surface area (TPSA) is 64.2 Å². The summed E-state index contributed by atoms with van der Waals surface area (Å²) in [4.78, 5) is 12.2. The third-order valence-electron chi connectivity index (χ3n) is 3.44. The molecule has 5 nitrogen and oxygen atoms in total. The highest BCUT2D eigenvalue weighted by Gasteiger charge is 2.23. The van der Waals surface area contributed by atoms with Crippen LogP contribution in [0.2, 0.25) is 0 Å². The molecule has 0 spiro atoms. The Labute approximate surface area is 121 Å². The van der Waals surface area contributed by atoms with E-state index in [9.17, 15) is 9.18 Å². The molecule has 3 rings (SSSR count). The summed E-state index contributed by atoms with van der Waals surface area (Å²) >= 11 is 0. The average molecular weight is 290 g/mol. The lowest BCUT2D eigenvalue weighted by molar-refractivity contribution is -0.0158. The Hall–Kier alpha value is -2.21. The molecule has 0 amide bonds. The number of esters is 1. The van der Waals surface area contributed by atoms with Gasteiger partial charge in [0.1, 0.15) is 17.5 Å². The number of hydrogen-bond acceptors (Lipinski definition) is 4. The number of aromatic amines is 1. The summed E-state index contributed by atoms with van der Waals surface area (Å²) in [6.07, 6.45) is 2.57. The van der Waals surface area contributed by atoms with Crippen LogP contribution >= 0.6 is 0 Å². The van der Waals surface area contributed by atoms with Gasteiger partial charge in [0.15, 0.2) is 0 Å². The normalized spacial score (nSPS) is 15.9. The number of rotatable bonds is 3. The van der Waals surface area contributed by atoms with Crippen LogP contribution in [0.25, 0.3) is 11.3 Å². The molecule has 110 valence electrons.